The van der Waals surface area contributed by atoms with Gasteiger partial charge in [-0.3, -0.25) is 0 Å². The molecule has 0 aliphatic rings. The van der Waals surface area contributed by atoms with Crippen LogP contribution in [0.25, 0.3) is 11.4 Å². The van der Waals surface area contributed by atoms with E-state index in [1.54, 1.807) is 41.9 Å². The fraction of sp³-hybridized carbons (Fsp3) is 0.250. The molecule has 1 atom stereocenters. The van der Waals surface area contributed by atoms with Crippen molar-refractivity contribution in [1.82, 2.24) is 14.8 Å². The van der Waals surface area contributed by atoms with Crippen LogP contribution >= 0.6 is 11.8 Å². The highest BCUT2D eigenvalue weighted by Gasteiger charge is 2.16. The van der Waals surface area contributed by atoms with E-state index in [4.69, 9.17) is 10.00 Å². The Morgan fingerprint density at radius 3 is 2.68 bits per heavy atom. The minimum atomic E-state index is -0.711. The van der Waals surface area contributed by atoms with Gasteiger partial charge in [-0.05, 0) is 29.8 Å². The van der Waals surface area contributed by atoms with Crippen molar-refractivity contribution in [3.8, 4) is 23.2 Å². The molecule has 2 aromatic carbocycles. The van der Waals surface area contributed by atoms with E-state index in [9.17, 15) is 9.50 Å². The number of benzene rings is 2. The molecule has 144 valence electrons. The zero-order chi connectivity index (χ0) is 19.9. The number of thioether (sulfide) groups is 1. The Bertz CT molecular complexity index is 969. The molecule has 0 bridgehead atoms. The predicted molar refractivity (Wildman–Crippen MR) is 104 cm³/mol. The molecule has 1 heterocycles. The molecule has 6 nitrogen and oxygen atoms in total. The minimum absolute atomic E-state index is 0.128. The van der Waals surface area contributed by atoms with Gasteiger partial charge in [-0.1, -0.05) is 36.0 Å². The number of rotatable bonds is 8. The number of hydrogen-bond donors (Lipinski definition) is 1. The number of nitriles is 1. The quantitative estimate of drug-likeness (QED) is 0.587. The second-order valence-corrected chi connectivity index (χ2v) is 7.09. The van der Waals surface area contributed by atoms with Crippen LogP contribution in [0.2, 0.25) is 0 Å². The van der Waals surface area contributed by atoms with Crippen LogP contribution in [-0.2, 0) is 13.5 Å². The zero-order valence-corrected chi connectivity index (χ0v) is 16.1. The van der Waals surface area contributed by atoms with Crippen molar-refractivity contribution in [2.75, 3.05) is 12.4 Å². The highest BCUT2D eigenvalue weighted by atomic mass is 32.2. The Kier molecular flexibility index (Phi) is 6.63. The molecule has 1 N–H and O–H groups in total. The predicted octanol–water partition coefficient (Wildman–Crippen LogP) is 3.22. The van der Waals surface area contributed by atoms with E-state index in [1.165, 1.54) is 17.8 Å². The Hall–Kier alpha value is -2.89. The first kappa shape index (κ1) is 19.9. The summed E-state index contributed by atoms with van der Waals surface area (Å²) in [5.74, 6) is 1.06. The van der Waals surface area contributed by atoms with Gasteiger partial charge in [0.25, 0.3) is 0 Å². The molecular formula is C20H19FN4O2S. The summed E-state index contributed by atoms with van der Waals surface area (Å²) in [5, 5.41) is 27.6. The van der Waals surface area contributed by atoms with E-state index < -0.39 is 6.10 Å². The molecule has 0 spiro atoms. The van der Waals surface area contributed by atoms with E-state index in [0.717, 1.165) is 5.56 Å². The molecule has 0 radical (unpaired) electrons. The van der Waals surface area contributed by atoms with Gasteiger partial charge in [0, 0.05) is 12.8 Å². The van der Waals surface area contributed by atoms with Crippen LogP contribution in [0.5, 0.6) is 5.75 Å². The summed E-state index contributed by atoms with van der Waals surface area (Å²) in [5.41, 5.74) is 1.30. The summed E-state index contributed by atoms with van der Waals surface area (Å²) < 4.78 is 21.2. The largest absolute Gasteiger partial charge is 0.491 e. The second kappa shape index (κ2) is 9.35. The van der Waals surface area contributed by atoms with Crippen molar-refractivity contribution < 1.29 is 14.2 Å². The zero-order valence-electron chi connectivity index (χ0n) is 15.2. The summed E-state index contributed by atoms with van der Waals surface area (Å²) >= 11 is 1.32. The number of ether oxygens (including phenoxy) is 1. The fourth-order valence-electron chi connectivity index (χ4n) is 2.52. The Labute approximate surface area is 166 Å². The molecule has 0 fully saturated rings. The Balaban J connectivity index is 1.53. The van der Waals surface area contributed by atoms with Gasteiger partial charge in [0.15, 0.2) is 11.0 Å². The van der Waals surface area contributed by atoms with Gasteiger partial charge < -0.3 is 14.4 Å². The molecule has 3 rings (SSSR count). The van der Waals surface area contributed by atoms with Crippen LogP contribution in [0.1, 0.15) is 5.56 Å². The first-order valence-electron chi connectivity index (χ1n) is 8.62. The van der Waals surface area contributed by atoms with E-state index >= 15 is 0 Å². The van der Waals surface area contributed by atoms with E-state index in [0.29, 0.717) is 34.5 Å². The molecule has 8 heteroatoms. The summed E-state index contributed by atoms with van der Waals surface area (Å²) in [6.45, 7) is 0.128. The Morgan fingerprint density at radius 1 is 1.21 bits per heavy atom. The van der Waals surface area contributed by atoms with Gasteiger partial charge in [0.2, 0.25) is 0 Å². The Morgan fingerprint density at radius 2 is 1.96 bits per heavy atom. The lowest BCUT2D eigenvalue weighted by atomic mass is 10.2. The maximum Gasteiger partial charge on any atom is 0.191 e. The number of aromatic nitrogens is 3. The topological polar surface area (TPSA) is 84.0 Å². The van der Waals surface area contributed by atoms with Gasteiger partial charge >= 0.3 is 0 Å². The van der Waals surface area contributed by atoms with Crippen LogP contribution in [-0.4, -0.2) is 38.3 Å². The molecule has 0 saturated carbocycles. The average Bonchev–Trinajstić information content (AvgIpc) is 3.07. The standard InChI is InChI=1S/C20H19FN4O2S/c1-25-19(17-4-2-3-5-18(17)21)23-24-20(25)28-13-15(26)12-27-16-8-6-14(7-9-16)10-11-22/h2-9,15,26H,10,12-13H2,1H3/t15-/m1/s1. The third-order valence-corrected chi connectivity index (χ3v) is 5.17. The molecule has 1 aromatic heterocycles. The highest BCUT2D eigenvalue weighted by Crippen LogP contribution is 2.25. The molecule has 0 aliphatic carbocycles. The lowest BCUT2D eigenvalue weighted by Crippen LogP contribution is -2.20. The maximum atomic E-state index is 13.9. The van der Waals surface area contributed by atoms with Crippen molar-refractivity contribution in [3.63, 3.8) is 0 Å². The summed E-state index contributed by atoms with van der Waals surface area (Å²) in [4.78, 5) is 0. The minimum Gasteiger partial charge on any atom is -0.491 e. The van der Waals surface area contributed by atoms with Crippen LogP contribution in [0.15, 0.2) is 53.7 Å². The third kappa shape index (κ3) is 4.88. The smallest absolute Gasteiger partial charge is 0.191 e. The summed E-state index contributed by atoms with van der Waals surface area (Å²) in [7, 11) is 1.76. The second-order valence-electron chi connectivity index (χ2n) is 6.10. The van der Waals surface area contributed by atoms with Crippen LogP contribution in [0.4, 0.5) is 4.39 Å². The van der Waals surface area contributed by atoms with Gasteiger partial charge in [-0.2, -0.15) is 5.26 Å². The van der Waals surface area contributed by atoms with E-state index in [1.807, 2.05) is 12.1 Å². The molecule has 0 unspecified atom stereocenters. The first-order valence-corrected chi connectivity index (χ1v) is 9.61. The SMILES string of the molecule is Cn1c(SC[C@H](O)COc2ccc(CC#N)cc2)nnc1-c1ccccc1F. The van der Waals surface area contributed by atoms with Gasteiger partial charge in [-0.15, -0.1) is 10.2 Å². The lowest BCUT2D eigenvalue weighted by molar-refractivity contribution is 0.126. The number of aliphatic hydroxyl groups excluding tert-OH is 1. The first-order chi connectivity index (χ1) is 13.6. The number of nitrogens with zero attached hydrogens (tertiary/aromatic N) is 4. The van der Waals surface area contributed by atoms with Crippen LogP contribution in [0, 0.1) is 17.1 Å². The van der Waals surface area contributed by atoms with E-state index in [2.05, 4.69) is 16.3 Å². The highest BCUT2D eigenvalue weighted by molar-refractivity contribution is 7.99. The summed E-state index contributed by atoms with van der Waals surface area (Å²) in [6.07, 6.45) is -0.357. The van der Waals surface area contributed by atoms with Crippen LogP contribution in [0.3, 0.4) is 0 Å². The normalized spacial score (nSPS) is 11.8. The summed E-state index contributed by atoms with van der Waals surface area (Å²) in [6, 6.07) is 15.7. The van der Waals surface area contributed by atoms with Gasteiger partial charge in [-0.25, -0.2) is 4.39 Å². The van der Waals surface area contributed by atoms with Crippen molar-refractivity contribution in [3.05, 3.63) is 59.9 Å². The van der Waals surface area contributed by atoms with Gasteiger partial charge in [0.1, 0.15) is 18.2 Å². The van der Waals surface area contributed by atoms with E-state index in [-0.39, 0.29) is 12.4 Å². The van der Waals surface area contributed by atoms with Crippen molar-refractivity contribution in [2.24, 2.45) is 7.05 Å². The fourth-order valence-corrected chi connectivity index (χ4v) is 3.34. The molecule has 0 saturated heterocycles. The number of hydrogen-bond acceptors (Lipinski definition) is 6. The third-order valence-electron chi connectivity index (χ3n) is 4.00. The lowest BCUT2D eigenvalue weighted by Gasteiger charge is -2.12. The van der Waals surface area contributed by atoms with Gasteiger partial charge in [0.05, 0.1) is 24.2 Å². The molecular weight excluding hydrogens is 379 g/mol. The van der Waals surface area contributed by atoms with Crippen molar-refractivity contribution in [1.29, 1.82) is 5.26 Å². The molecule has 0 amide bonds. The molecule has 3 aromatic rings. The number of aliphatic hydroxyl groups is 1. The number of halogens is 1. The van der Waals surface area contributed by atoms with Crippen molar-refractivity contribution >= 4 is 11.8 Å². The maximum absolute atomic E-state index is 13.9. The van der Waals surface area contributed by atoms with Crippen LogP contribution < -0.4 is 4.74 Å². The molecule has 28 heavy (non-hydrogen) atoms. The average molecular weight is 398 g/mol. The molecule has 0 aliphatic heterocycles. The van der Waals surface area contributed by atoms with Crippen molar-refractivity contribution in [2.45, 2.75) is 17.7 Å². The monoisotopic (exact) mass is 398 g/mol.